The van der Waals surface area contributed by atoms with Crippen molar-refractivity contribution in [3.8, 4) is 0 Å². The summed E-state index contributed by atoms with van der Waals surface area (Å²) >= 11 is 0. The molecule has 6 N–H and O–H groups in total. The second kappa shape index (κ2) is 45.7. The van der Waals surface area contributed by atoms with Crippen LogP contribution in [0.3, 0.4) is 0 Å². The summed E-state index contributed by atoms with van der Waals surface area (Å²) in [6, 6.07) is -0.855. The third-order valence-electron chi connectivity index (χ3n) is 13.8. The Labute approximate surface area is 417 Å². The molecule has 7 atom stereocenters. The van der Waals surface area contributed by atoms with Crippen LogP contribution >= 0.6 is 0 Å². The monoisotopic (exact) mass is 990 g/mol. The predicted molar refractivity (Wildman–Crippen MR) is 278 cm³/mol. The summed E-state index contributed by atoms with van der Waals surface area (Å²) in [4.78, 5) is 13.1. The van der Waals surface area contributed by atoms with E-state index < -0.39 is 59.9 Å². The van der Waals surface area contributed by atoms with Gasteiger partial charge in [-0.3, -0.25) is 9.35 Å². The van der Waals surface area contributed by atoms with Crippen LogP contribution in [0.2, 0.25) is 0 Å². The zero-order valence-corrected chi connectivity index (χ0v) is 44.5. The van der Waals surface area contributed by atoms with Crippen LogP contribution in [-0.2, 0) is 28.9 Å². The van der Waals surface area contributed by atoms with Crippen LogP contribution in [0.15, 0.2) is 12.2 Å². The largest absolute Gasteiger partial charge is 0.397 e. The molecule has 0 saturated carbocycles. The van der Waals surface area contributed by atoms with Crippen LogP contribution in [0.25, 0.3) is 0 Å². The SMILES string of the molecule is CCCCCCCCCCCCCC/C=C\CCCCCCCCCCCCCCC(=O)NC(COC1OC(CO)C(O)C(OS(=O)(=O)O)C1O)C(O)CCCCCCCCCCCCCCC. The summed E-state index contributed by atoms with van der Waals surface area (Å²) in [7, 11) is -5.08. The van der Waals surface area contributed by atoms with Gasteiger partial charge in [-0.15, -0.1) is 0 Å². The van der Waals surface area contributed by atoms with E-state index in [1.54, 1.807) is 0 Å². The Morgan fingerprint density at radius 1 is 0.574 bits per heavy atom. The summed E-state index contributed by atoms with van der Waals surface area (Å²) in [6.07, 6.45) is 45.2. The first-order chi connectivity index (χ1) is 33.0. The van der Waals surface area contributed by atoms with Crippen LogP contribution in [-0.4, -0.2) is 95.4 Å². The molecule has 1 amide bonds. The van der Waals surface area contributed by atoms with E-state index in [0.717, 1.165) is 51.4 Å². The van der Waals surface area contributed by atoms with Crippen molar-refractivity contribution in [2.45, 2.75) is 320 Å². The predicted octanol–water partition coefficient (Wildman–Crippen LogP) is 13.1. The average Bonchev–Trinajstić information content (AvgIpc) is 3.31. The van der Waals surface area contributed by atoms with Crippen molar-refractivity contribution in [3.05, 3.63) is 12.2 Å². The fraction of sp³-hybridized carbons (Fsp3) is 0.945. The highest BCUT2D eigenvalue weighted by atomic mass is 32.3. The molecular weight excluding hydrogens is 883 g/mol. The lowest BCUT2D eigenvalue weighted by molar-refractivity contribution is -0.298. The van der Waals surface area contributed by atoms with Crippen molar-refractivity contribution in [1.82, 2.24) is 5.32 Å². The third-order valence-corrected chi connectivity index (χ3v) is 14.3. The number of amides is 1. The lowest BCUT2D eigenvalue weighted by Crippen LogP contribution is -2.61. The molecule has 0 aliphatic carbocycles. The first-order valence-corrected chi connectivity index (χ1v) is 29.9. The summed E-state index contributed by atoms with van der Waals surface area (Å²) < 4.78 is 47.8. The van der Waals surface area contributed by atoms with Crippen LogP contribution < -0.4 is 5.32 Å². The number of unbranched alkanes of at least 4 members (excludes halogenated alkanes) is 36. The Hall–Kier alpha value is -1.16. The van der Waals surface area contributed by atoms with Crippen molar-refractivity contribution in [1.29, 1.82) is 0 Å². The second-order valence-corrected chi connectivity index (χ2v) is 21.3. The van der Waals surface area contributed by atoms with E-state index in [-0.39, 0.29) is 12.5 Å². The Kier molecular flexibility index (Phi) is 43.6. The number of aliphatic hydroxyl groups is 4. The number of aliphatic hydroxyl groups excluding tert-OH is 4. The van der Waals surface area contributed by atoms with Gasteiger partial charge in [-0.25, -0.2) is 4.18 Å². The number of allylic oxidation sites excluding steroid dienone is 2. The Morgan fingerprint density at radius 3 is 1.32 bits per heavy atom. The van der Waals surface area contributed by atoms with Crippen molar-refractivity contribution in [2.75, 3.05) is 13.2 Å². The summed E-state index contributed by atoms with van der Waals surface area (Å²) in [5, 5.41) is 45.0. The molecule has 1 rings (SSSR count). The molecule has 1 aliphatic rings. The molecule has 1 heterocycles. The summed E-state index contributed by atoms with van der Waals surface area (Å²) in [5.74, 6) is -0.227. The van der Waals surface area contributed by atoms with E-state index in [9.17, 15) is 38.2 Å². The fourth-order valence-electron chi connectivity index (χ4n) is 9.40. The van der Waals surface area contributed by atoms with E-state index in [1.165, 1.54) is 199 Å². The maximum atomic E-state index is 13.1. The molecule has 0 spiro atoms. The van der Waals surface area contributed by atoms with Crippen molar-refractivity contribution in [3.63, 3.8) is 0 Å². The average molecular weight is 991 g/mol. The lowest BCUT2D eigenvalue weighted by Gasteiger charge is -2.41. The van der Waals surface area contributed by atoms with E-state index >= 15 is 0 Å². The minimum Gasteiger partial charge on any atom is -0.394 e. The number of hydrogen-bond acceptors (Lipinski definition) is 10. The summed E-state index contributed by atoms with van der Waals surface area (Å²) in [6.45, 7) is 3.48. The third kappa shape index (κ3) is 37.6. The Balaban J connectivity index is 2.28. The van der Waals surface area contributed by atoms with Gasteiger partial charge in [0.1, 0.15) is 24.4 Å². The lowest BCUT2D eigenvalue weighted by atomic mass is 9.99. The van der Waals surface area contributed by atoms with Gasteiger partial charge in [0.05, 0.1) is 25.4 Å². The molecule has 0 aromatic heterocycles. The quantitative estimate of drug-likeness (QED) is 0.0193. The normalized spacial score (nSPS) is 19.8. The first kappa shape index (κ1) is 64.9. The van der Waals surface area contributed by atoms with Gasteiger partial charge in [0.15, 0.2) is 6.29 Å². The highest BCUT2D eigenvalue weighted by molar-refractivity contribution is 7.80. The van der Waals surface area contributed by atoms with Gasteiger partial charge in [0, 0.05) is 6.42 Å². The molecule has 404 valence electrons. The van der Waals surface area contributed by atoms with Gasteiger partial charge in [-0.1, -0.05) is 244 Å². The van der Waals surface area contributed by atoms with Crippen LogP contribution in [0.1, 0.15) is 277 Å². The Morgan fingerprint density at radius 2 is 0.941 bits per heavy atom. The van der Waals surface area contributed by atoms with Gasteiger partial charge in [-0.2, -0.15) is 8.42 Å². The highest BCUT2D eigenvalue weighted by Gasteiger charge is 2.48. The van der Waals surface area contributed by atoms with E-state index in [0.29, 0.717) is 12.8 Å². The standard InChI is InChI=1S/C55H107NO11S/c1-3-5-7-9-11-13-15-17-18-19-20-21-22-23-24-25-26-27-28-29-30-31-33-35-37-39-41-43-45-51(59)56-48(49(58)44-42-40-38-36-34-32-16-14-12-10-8-6-4-2)47-65-55-53(61)54(67-68(62,63)64)52(60)50(46-57)66-55/h23-24,48-50,52-55,57-58,60-61H,3-22,25-47H2,1-2H3,(H,56,59)(H,62,63,64)/b24-23-. The smallest absolute Gasteiger partial charge is 0.394 e. The molecule has 1 saturated heterocycles. The van der Waals surface area contributed by atoms with Crippen LogP contribution in [0.5, 0.6) is 0 Å². The fourth-order valence-corrected chi connectivity index (χ4v) is 9.91. The molecule has 13 heteroatoms. The van der Waals surface area contributed by atoms with Crippen molar-refractivity contribution < 1.29 is 51.8 Å². The number of ether oxygens (including phenoxy) is 2. The van der Waals surface area contributed by atoms with Gasteiger partial charge in [0.25, 0.3) is 0 Å². The minimum atomic E-state index is -5.08. The van der Waals surface area contributed by atoms with Gasteiger partial charge in [0.2, 0.25) is 5.91 Å². The maximum absolute atomic E-state index is 13.1. The van der Waals surface area contributed by atoms with Crippen LogP contribution in [0.4, 0.5) is 0 Å². The molecule has 0 aromatic rings. The molecule has 0 radical (unpaired) electrons. The molecule has 0 aromatic carbocycles. The maximum Gasteiger partial charge on any atom is 0.397 e. The van der Waals surface area contributed by atoms with Crippen molar-refractivity contribution >= 4 is 16.3 Å². The van der Waals surface area contributed by atoms with Gasteiger partial charge in [-0.05, 0) is 38.5 Å². The van der Waals surface area contributed by atoms with Gasteiger partial charge < -0.3 is 35.2 Å². The van der Waals surface area contributed by atoms with Gasteiger partial charge >= 0.3 is 10.4 Å². The molecule has 0 bridgehead atoms. The van der Waals surface area contributed by atoms with E-state index in [4.69, 9.17) is 9.47 Å². The number of carbonyl (C=O) groups is 1. The number of nitrogens with one attached hydrogen (secondary N) is 1. The summed E-state index contributed by atoms with van der Waals surface area (Å²) in [5.41, 5.74) is 0. The second-order valence-electron chi connectivity index (χ2n) is 20.2. The molecular formula is C55H107NO11S. The zero-order chi connectivity index (χ0) is 49.8. The zero-order valence-electron chi connectivity index (χ0n) is 43.7. The van der Waals surface area contributed by atoms with Crippen LogP contribution in [0, 0.1) is 0 Å². The molecule has 12 nitrogen and oxygen atoms in total. The minimum absolute atomic E-state index is 0.227. The molecule has 1 fully saturated rings. The number of hydrogen-bond donors (Lipinski definition) is 6. The number of carbonyl (C=O) groups excluding carboxylic acids is 1. The topological polar surface area (TPSA) is 192 Å². The first-order valence-electron chi connectivity index (χ1n) is 28.6. The molecule has 7 unspecified atom stereocenters. The van der Waals surface area contributed by atoms with E-state index in [1.807, 2.05) is 0 Å². The highest BCUT2D eigenvalue weighted by Crippen LogP contribution is 2.26. The molecule has 1 aliphatic heterocycles. The van der Waals surface area contributed by atoms with E-state index in [2.05, 4.69) is 35.5 Å². The molecule has 68 heavy (non-hydrogen) atoms. The Bertz CT molecular complexity index is 1260. The van der Waals surface area contributed by atoms with Crippen molar-refractivity contribution in [2.24, 2.45) is 0 Å². The number of rotatable bonds is 50.